The fourth-order valence-corrected chi connectivity index (χ4v) is 3.39. The molecule has 1 aromatic carbocycles. The summed E-state index contributed by atoms with van der Waals surface area (Å²) in [7, 11) is 2.77. The first-order chi connectivity index (χ1) is 10.9. The third-order valence-corrected chi connectivity index (χ3v) is 4.29. The summed E-state index contributed by atoms with van der Waals surface area (Å²) in [6, 6.07) is 0. The lowest BCUT2D eigenvalue weighted by Crippen LogP contribution is -2.27. The van der Waals surface area contributed by atoms with Crippen LogP contribution in [0.1, 0.15) is 51.8 Å². The quantitative estimate of drug-likeness (QED) is 0.901. The Bertz CT molecular complexity index is 746. The number of fused-ring (bicyclic) bond motifs is 2. The highest BCUT2D eigenvalue weighted by Crippen LogP contribution is 2.47. The van der Waals surface area contributed by atoms with E-state index in [1.807, 2.05) is 6.92 Å². The number of carbonyl (C=O) groups is 2. The van der Waals surface area contributed by atoms with Gasteiger partial charge < -0.3 is 19.3 Å². The van der Waals surface area contributed by atoms with Crippen LogP contribution in [0.15, 0.2) is 11.8 Å². The van der Waals surface area contributed by atoms with Crippen LogP contribution in [0.5, 0.6) is 11.5 Å². The van der Waals surface area contributed by atoms with Crippen LogP contribution >= 0.6 is 0 Å². The summed E-state index contributed by atoms with van der Waals surface area (Å²) in [6.07, 6.45) is 1.09. The molecule has 0 bridgehead atoms. The number of phenolic OH excluding ortho intramolecular Hbond substituents is 1. The highest BCUT2D eigenvalue weighted by atomic mass is 16.5. The number of hydrogen-bond donors (Lipinski definition) is 1. The normalized spacial score (nSPS) is 23.0. The van der Waals surface area contributed by atoms with Gasteiger partial charge in [-0.15, -0.1) is 0 Å². The van der Waals surface area contributed by atoms with Gasteiger partial charge in [-0.3, -0.25) is 9.59 Å². The highest BCUT2D eigenvalue weighted by Gasteiger charge is 2.39. The molecule has 6 nitrogen and oxygen atoms in total. The first-order valence-corrected chi connectivity index (χ1v) is 7.36. The van der Waals surface area contributed by atoms with Gasteiger partial charge in [0.2, 0.25) is 5.78 Å². The van der Waals surface area contributed by atoms with E-state index in [0.717, 1.165) is 6.08 Å². The van der Waals surface area contributed by atoms with Crippen LogP contribution in [0.25, 0.3) is 0 Å². The van der Waals surface area contributed by atoms with Crippen LogP contribution < -0.4 is 4.74 Å². The minimum absolute atomic E-state index is 0.0450. The molecule has 0 saturated carbocycles. The smallest absolute Gasteiger partial charge is 0.232 e. The molecule has 3 rings (SSSR count). The zero-order valence-electron chi connectivity index (χ0n) is 13.4. The van der Waals surface area contributed by atoms with Crippen molar-refractivity contribution in [2.45, 2.75) is 32.5 Å². The van der Waals surface area contributed by atoms with Crippen LogP contribution in [0.4, 0.5) is 0 Å². The standard InChI is InChI=1S/C17H18O6/c1-7-5-9-12(8(2)23-7)16(20)13-10(18)6-11(21-3)15(19)14(13)17(9)22-4/h6-8,20H,5H2,1-4H3/t7-,8+/m0/s1. The molecule has 2 aliphatic rings. The SMILES string of the molecule is COC1=CC(=O)c2c(O)c3c(c(OC)c2C1=O)C[C@H](C)O[C@@H]3C. The summed E-state index contributed by atoms with van der Waals surface area (Å²) >= 11 is 0. The number of benzene rings is 1. The predicted molar refractivity (Wildman–Crippen MR) is 81.1 cm³/mol. The molecule has 0 amide bonds. The van der Waals surface area contributed by atoms with Gasteiger partial charge in [-0.05, 0) is 13.8 Å². The number of allylic oxidation sites excluding steroid dienone is 2. The molecule has 6 heteroatoms. The van der Waals surface area contributed by atoms with E-state index in [2.05, 4.69) is 0 Å². The van der Waals surface area contributed by atoms with Crippen LogP contribution in [0.3, 0.4) is 0 Å². The van der Waals surface area contributed by atoms with Gasteiger partial charge in [0.05, 0.1) is 37.6 Å². The minimum Gasteiger partial charge on any atom is -0.507 e. The van der Waals surface area contributed by atoms with E-state index < -0.39 is 17.7 Å². The molecule has 1 heterocycles. The second-order valence-corrected chi connectivity index (χ2v) is 5.72. The molecule has 0 radical (unpaired) electrons. The maximum atomic E-state index is 12.6. The van der Waals surface area contributed by atoms with E-state index in [4.69, 9.17) is 14.2 Å². The average molecular weight is 318 g/mol. The van der Waals surface area contributed by atoms with Crippen LogP contribution in [0, 0.1) is 0 Å². The van der Waals surface area contributed by atoms with E-state index in [1.165, 1.54) is 14.2 Å². The van der Waals surface area contributed by atoms with Gasteiger partial charge >= 0.3 is 0 Å². The number of aromatic hydroxyl groups is 1. The van der Waals surface area contributed by atoms with Crippen molar-refractivity contribution in [3.05, 3.63) is 34.1 Å². The highest BCUT2D eigenvalue weighted by molar-refractivity contribution is 6.26. The summed E-state index contributed by atoms with van der Waals surface area (Å²) < 4.78 is 16.2. The first kappa shape index (κ1) is 15.6. The van der Waals surface area contributed by atoms with Crippen molar-refractivity contribution >= 4 is 11.6 Å². The van der Waals surface area contributed by atoms with Crippen molar-refractivity contribution < 1.29 is 28.9 Å². The number of carbonyl (C=O) groups excluding carboxylic acids is 2. The van der Waals surface area contributed by atoms with Crippen molar-refractivity contribution in [2.24, 2.45) is 0 Å². The van der Waals surface area contributed by atoms with E-state index >= 15 is 0 Å². The fraction of sp³-hybridized carbons (Fsp3) is 0.412. The lowest BCUT2D eigenvalue weighted by molar-refractivity contribution is -0.00676. The summed E-state index contributed by atoms with van der Waals surface area (Å²) in [5, 5.41) is 10.6. The van der Waals surface area contributed by atoms with E-state index in [1.54, 1.807) is 6.92 Å². The van der Waals surface area contributed by atoms with Gasteiger partial charge in [0.15, 0.2) is 11.5 Å². The van der Waals surface area contributed by atoms with Crippen LogP contribution in [-0.2, 0) is 15.9 Å². The molecular weight excluding hydrogens is 300 g/mol. The molecule has 0 saturated heterocycles. The number of Topliss-reactive ketones (excluding diaryl/α,β-unsaturated/α-hetero) is 1. The molecule has 0 aromatic heterocycles. The van der Waals surface area contributed by atoms with Gasteiger partial charge in [0.1, 0.15) is 11.5 Å². The Balaban J connectivity index is 2.37. The second-order valence-electron chi connectivity index (χ2n) is 5.72. The molecule has 1 aliphatic carbocycles. The van der Waals surface area contributed by atoms with Crippen molar-refractivity contribution in [1.29, 1.82) is 0 Å². The van der Waals surface area contributed by atoms with Crippen molar-refractivity contribution in [3.8, 4) is 11.5 Å². The van der Waals surface area contributed by atoms with Crippen molar-refractivity contribution in [3.63, 3.8) is 0 Å². The van der Waals surface area contributed by atoms with Gasteiger partial charge in [-0.2, -0.15) is 0 Å². The average Bonchev–Trinajstić information content (AvgIpc) is 2.49. The van der Waals surface area contributed by atoms with Crippen LogP contribution in [-0.4, -0.2) is 37.0 Å². The minimum atomic E-state index is -0.485. The van der Waals surface area contributed by atoms with Gasteiger partial charge in [0, 0.05) is 23.6 Å². The van der Waals surface area contributed by atoms with E-state index in [-0.39, 0.29) is 28.7 Å². The molecule has 0 fully saturated rings. The second kappa shape index (κ2) is 5.38. The zero-order valence-corrected chi connectivity index (χ0v) is 13.4. The maximum Gasteiger partial charge on any atom is 0.232 e. The van der Waals surface area contributed by atoms with Crippen LogP contribution in [0.2, 0.25) is 0 Å². The topological polar surface area (TPSA) is 82.1 Å². The number of ether oxygens (including phenoxy) is 3. The molecule has 1 aliphatic heterocycles. The van der Waals surface area contributed by atoms with E-state index in [9.17, 15) is 14.7 Å². The molecule has 0 spiro atoms. The Kier molecular flexibility index (Phi) is 3.64. The largest absolute Gasteiger partial charge is 0.507 e. The Morgan fingerprint density at radius 3 is 2.48 bits per heavy atom. The Hall–Kier alpha value is -2.34. The number of ketones is 2. The summed E-state index contributed by atoms with van der Waals surface area (Å²) in [6.45, 7) is 3.70. The number of hydrogen-bond acceptors (Lipinski definition) is 6. The summed E-state index contributed by atoms with van der Waals surface area (Å²) in [4.78, 5) is 25.0. The molecule has 1 N–H and O–H groups in total. The molecule has 23 heavy (non-hydrogen) atoms. The maximum absolute atomic E-state index is 12.6. The van der Waals surface area contributed by atoms with Crippen molar-refractivity contribution in [2.75, 3.05) is 14.2 Å². The molecule has 0 unspecified atom stereocenters. The molecular formula is C17H18O6. The number of rotatable bonds is 2. The lowest BCUT2D eigenvalue weighted by Gasteiger charge is -2.32. The third kappa shape index (κ3) is 2.13. The molecule has 122 valence electrons. The number of phenols is 1. The zero-order chi connectivity index (χ0) is 16.9. The monoisotopic (exact) mass is 318 g/mol. The van der Waals surface area contributed by atoms with Crippen molar-refractivity contribution in [1.82, 2.24) is 0 Å². The molecule has 2 atom stereocenters. The Morgan fingerprint density at radius 1 is 1.17 bits per heavy atom. The number of methoxy groups -OCH3 is 2. The lowest BCUT2D eigenvalue weighted by atomic mass is 9.83. The Morgan fingerprint density at radius 2 is 1.87 bits per heavy atom. The summed E-state index contributed by atoms with van der Waals surface area (Å²) in [5.74, 6) is -0.909. The first-order valence-electron chi connectivity index (χ1n) is 7.36. The van der Waals surface area contributed by atoms with Gasteiger partial charge in [-0.25, -0.2) is 0 Å². The van der Waals surface area contributed by atoms with Gasteiger partial charge in [0.25, 0.3) is 0 Å². The third-order valence-electron chi connectivity index (χ3n) is 4.29. The summed E-state index contributed by atoms with van der Waals surface area (Å²) in [5.41, 5.74) is 1.23. The predicted octanol–water partition coefficient (Wildman–Crippen LogP) is 2.33. The van der Waals surface area contributed by atoms with E-state index in [0.29, 0.717) is 23.3 Å². The van der Waals surface area contributed by atoms with Gasteiger partial charge in [-0.1, -0.05) is 0 Å². The molecule has 1 aromatic rings. The fourth-order valence-electron chi connectivity index (χ4n) is 3.39. The Labute approximate surface area is 133 Å².